The molecule has 6 rings (SSSR count). The van der Waals surface area contributed by atoms with Gasteiger partial charge in [-0.25, -0.2) is 14.0 Å². The van der Waals surface area contributed by atoms with Gasteiger partial charge < -0.3 is 19.3 Å². The smallest absolute Gasteiger partial charge is 0.414 e. The first kappa shape index (κ1) is 26.3. The average molecular weight is 559 g/mol. The summed E-state index contributed by atoms with van der Waals surface area (Å²) in [7, 11) is 0. The molecule has 210 valence electrons. The van der Waals surface area contributed by atoms with Crippen LogP contribution in [0.4, 0.5) is 25.4 Å². The molecular formula is C30H27FN4O6. The number of rotatable bonds is 6. The second-order valence-electron chi connectivity index (χ2n) is 10.0. The van der Waals surface area contributed by atoms with Crippen LogP contribution in [-0.4, -0.2) is 79.2 Å². The Balaban J connectivity index is 1.04. The number of piperazine rings is 1. The number of fused-ring (bicyclic) bond motifs is 1. The molecule has 1 atom stereocenters. The lowest BCUT2D eigenvalue weighted by Gasteiger charge is -2.35. The Bertz CT molecular complexity index is 1470. The van der Waals surface area contributed by atoms with Crippen molar-refractivity contribution < 1.29 is 33.0 Å². The lowest BCUT2D eigenvalue weighted by molar-refractivity contribution is 0.0558. The standard InChI is InChI=1S/C30H27FN4O6/c31-25-16-21(34-17-22(41-30(34)39)18-35-27(36)23-8-4-5-9-24(23)28(35)37)10-11-26(25)32-12-14-33(15-13-32)29(38)40-19-20-6-2-1-3-7-20/h1-11,16,22H,12-15,17-19H2/t22-/m1/s1. The van der Waals surface area contributed by atoms with Crippen molar-refractivity contribution in [1.29, 1.82) is 0 Å². The van der Waals surface area contributed by atoms with E-state index in [1.807, 2.05) is 35.2 Å². The van der Waals surface area contributed by atoms with E-state index in [2.05, 4.69) is 0 Å². The monoisotopic (exact) mass is 558 g/mol. The number of benzene rings is 3. The third-order valence-electron chi connectivity index (χ3n) is 7.47. The number of imide groups is 1. The highest BCUT2D eigenvalue weighted by atomic mass is 19.1. The SMILES string of the molecule is O=C(OCc1ccccc1)N1CCN(c2ccc(N3C[C@H](CN4C(=O)c5ccccc5C4=O)OC3=O)cc2F)CC1. The van der Waals surface area contributed by atoms with Crippen LogP contribution < -0.4 is 9.80 Å². The molecule has 3 aromatic carbocycles. The molecule has 41 heavy (non-hydrogen) atoms. The van der Waals surface area contributed by atoms with Crippen LogP contribution >= 0.6 is 0 Å². The summed E-state index contributed by atoms with van der Waals surface area (Å²) in [6, 6.07) is 20.5. The van der Waals surface area contributed by atoms with Crippen molar-refractivity contribution in [2.24, 2.45) is 0 Å². The molecule has 0 spiro atoms. The highest BCUT2D eigenvalue weighted by Crippen LogP contribution is 2.30. The van der Waals surface area contributed by atoms with E-state index in [1.165, 1.54) is 11.0 Å². The summed E-state index contributed by atoms with van der Waals surface area (Å²) >= 11 is 0. The molecule has 0 unspecified atom stereocenters. The van der Waals surface area contributed by atoms with Crippen LogP contribution in [0.2, 0.25) is 0 Å². The Morgan fingerprint density at radius 1 is 0.878 bits per heavy atom. The van der Waals surface area contributed by atoms with Gasteiger partial charge in [0.25, 0.3) is 11.8 Å². The van der Waals surface area contributed by atoms with Crippen LogP contribution in [0.1, 0.15) is 26.3 Å². The Morgan fingerprint density at radius 2 is 1.54 bits per heavy atom. The Morgan fingerprint density at radius 3 is 2.20 bits per heavy atom. The highest BCUT2D eigenvalue weighted by Gasteiger charge is 2.41. The van der Waals surface area contributed by atoms with Crippen molar-refractivity contribution in [3.8, 4) is 0 Å². The summed E-state index contributed by atoms with van der Waals surface area (Å²) in [5.74, 6) is -1.38. The second-order valence-corrected chi connectivity index (χ2v) is 10.0. The molecule has 2 fully saturated rings. The zero-order valence-corrected chi connectivity index (χ0v) is 22.1. The lowest BCUT2D eigenvalue weighted by atomic mass is 10.1. The van der Waals surface area contributed by atoms with E-state index in [9.17, 15) is 19.2 Å². The van der Waals surface area contributed by atoms with Gasteiger partial charge in [-0.3, -0.25) is 19.4 Å². The normalized spacial score (nSPS) is 18.6. The van der Waals surface area contributed by atoms with Crippen LogP contribution in [0.25, 0.3) is 0 Å². The fourth-order valence-electron chi connectivity index (χ4n) is 5.30. The number of carbonyl (C=O) groups is 4. The van der Waals surface area contributed by atoms with Crippen molar-refractivity contribution in [2.45, 2.75) is 12.7 Å². The third-order valence-corrected chi connectivity index (χ3v) is 7.47. The minimum atomic E-state index is -0.748. The number of anilines is 2. The number of hydrogen-bond donors (Lipinski definition) is 0. The quantitative estimate of drug-likeness (QED) is 0.423. The van der Waals surface area contributed by atoms with Gasteiger partial charge in [-0.1, -0.05) is 42.5 Å². The fourth-order valence-corrected chi connectivity index (χ4v) is 5.30. The minimum absolute atomic E-state index is 0.0643. The molecule has 0 radical (unpaired) electrons. The summed E-state index contributed by atoms with van der Waals surface area (Å²) < 4.78 is 26.0. The number of nitrogens with zero attached hydrogens (tertiary/aromatic N) is 4. The first-order chi connectivity index (χ1) is 19.9. The van der Waals surface area contributed by atoms with Gasteiger partial charge in [0.05, 0.1) is 35.6 Å². The average Bonchev–Trinajstić information content (AvgIpc) is 3.48. The first-order valence-corrected chi connectivity index (χ1v) is 13.3. The molecule has 11 heteroatoms. The van der Waals surface area contributed by atoms with Crippen LogP contribution in [-0.2, 0) is 16.1 Å². The summed E-state index contributed by atoms with van der Waals surface area (Å²) in [5, 5.41) is 0. The molecule has 0 N–H and O–H groups in total. The molecule has 3 aromatic rings. The van der Waals surface area contributed by atoms with E-state index < -0.39 is 35.9 Å². The van der Waals surface area contributed by atoms with E-state index in [-0.39, 0.29) is 19.7 Å². The van der Waals surface area contributed by atoms with Gasteiger partial charge in [0.1, 0.15) is 18.5 Å². The van der Waals surface area contributed by atoms with Gasteiger partial charge in [0.15, 0.2) is 0 Å². The number of cyclic esters (lactones) is 1. The highest BCUT2D eigenvalue weighted by molar-refractivity contribution is 6.21. The van der Waals surface area contributed by atoms with Gasteiger partial charge in [-0.2, -0.15) is 0 Å². The van der Waals surface area contributed by atoms with E-state index in [1.54, 1.807) is 41.3 Å². The molecule has 10 nitrogen and oxygen atoms in total. The van der Waals surface area contributed by atoms with Crippen molar-refractivity contribution in [1.82, 2.24) is 9.80 Å². The van der Waals surface area contributed by atoms with Gasteiger partial charge in [0.2, 0.25) is 0 Å². The topological polar surface area (TPSA) is 99.7 Å². The molecule has 0 aromatic heterocycles. The fraction of sp³-hybridized carbons (Fsp3) is 0.267. The lowest BCUT2D eigenvalue weighted by Crippen LogP contribution is -2.49. The summed E-state index contributed by atoms with van der Waals surface area (Å²) in [5.41, 5.74) is 2.21. The largest absolute Gasteiger partial charge is 0.445 e. The maximum absolute atomic E-state index is 15.2. The van der Waals surface area contributed by atoms with E-state index >= 15 is 4.39 Å². The summed E-state index contributed by atoms with van der Waals surface area (Å²) in [6.07, 6.45) is -1.84. The van der Waals surface area contributed by atoms with Gasteiger partial charge in [0, 0.05) is 26.2 Å². The van der Waals surface area contributed by atoms with E-state index in [0.29, 0.717) is 48.7 Å². The van der Waals surface area contributed by atoms with Crippen molar-refractivity contribution in [2.75, 3.05) is 49.1 Å². The molecular weight excluding hydrogens is 531 g/mol. The Hall–Kier alpha value is -4.93. The number of ether oxygens (including phenoxy) is 2. The van der Waals surface area contributed by atoms with Crippen molar-refractivity contribution >= 4 is 35.4 Å². The second kappa shape index (κ2) is 10.9. The molecule has 3 aliphatic heterocycles. The molecule has 4 amide bonds. The van der Waals surface area contributed by atoms with Crippen molar-refractivity contribution in [3.63, 3.8) is 0 Å². The van der Waals surface area contributed by atoms with Gasteiger partial charge in [-0.15, -0.1) is 0 Å². The maximum Gasteiger partial charge on any atom is 0.414 e. The Kier molecular flexibility index (Phi) is 7.00. The molecule has 3 heterocycles. The molecule has 0 saturated carbocycles. The van der Waals surface area contributed by atoms with Crippen LogP contribution in [0.15, 0.2) is 72.8 Å². The predicted molar refractivity (Wildman–Crippen MR) is 146 cm³/mol. The number of hydrogen-bond acceptors (Lipinski definition) is 7. The van der Waals surface area contributed by atoms with Crippen LogP contribution in [0.3, 0.4) is 0 Å². The van der Waals surface area contributed by atoms with Crippen molar-refractivity contribution in [3.05, 3.63) is 95.3 Å². The molecule has 0 bridgehead atoms. The molecule has 3 aliphatic rings. The zero-order valence-electron chi connectivity index (χ0n) is 22.1. The zero-order chi connectivity index (χ0) is 28.5. The van der Waals surface area contributed by atoms with Crippen LogP contribution in [0.5, 0.6) is 0 Å². The Labute approximate surface area is 235 Å². The summed E-state index contributed by atoms with van der Waals surface area (Å²) in [4.78, 5) is 56.2. The van der Waals surface area contributed by atoms with Gasteiger partial charge in [-0.05, 0) is 35.9 Å². The number of carbonyl (C=O) groups excluding carboxylic acids is 4. The van der Waals surface area contributed by atoms with E-state index in [4.69, 9.17) is 9.47 Å². The number of halogens is 1. The minimum Gasteiger partial charge on any atom is -0.445 e. The predicted octanol–water partition coefficient (Wildman–Crippen LogP) is 3.91. The third kappa shape index (κ3) is 5.18. The summed E-state index contributed by atoms with van der Waals surface area (Å²) in [6.45, 7) is 1.77. The number of amides is 4. The van der Waals surface area contributed by atoms with Gasteiger partial charge >= 0.3 is 12.2 Å². The molecule has 2 saturated heterocycles. The molecule has 0 aliphatic carbocycles. The van der Waals surface area contributed by atoms with E-state index in [0.717, 1.165) is 10.5 Å². The van der Waals surface area contributed by atoms with Crippen LogP contribution in [0, 0.1) is 5.82 Å². The maximum atomic E-state index is 15.2. The first-order valence-electron chi connectivity index (χ1n) is 13.3.